The maximum atomic E-state index is 10.7. The standard InChI is InChI=1S/C24H24ClN3O4/c1-24(2,16-5-9-19(10-6-16)32-21-13-26-22(25)27-14-21)15-3-7-18(8-4-15)31-20-11-17(12-20)28-23(29)30/h3-10,13-14,17,20,28H,11-12H2,1-2H3,(H,29,30)/t17-,20-. The normalized spacial score (nSPS) is 17.8. The molecule has 0 radical (unpaired) electrons. The van der Waals surface area contributed by atoms with E-state index in [2.05, 4.69) is 41.3 Å². The van der Waals surface area contributed by atoms with Gasteiger partial charge in [0.05, 0.1) is 12.4 Å². The minimum absolute atomic E-state index is 0.0186. The Morgan fingerprint density at radius 1 is 0.969 bits per heavy atom. The maximum absolute atomic E-state index is 10.7. The van der Waals surface area contributed by atoms with Gasteiger partial charge in [-0.25, -0.2) is 14.8 Å². The summed E-state index contributed by atoms with van der Waals surface area (Å²) in [5.74, 6) is 2.00. The van der Waals surface area contributed by atoms with Crippen molar-refractivity contribution >= 4 is 17.7 Å². The van der Waals surface area contributed by atoms with Crippen LogP contribution in [0.1, 0.15) is 37.8 Å². The number of hydrogen-bond acceptors (Lipinski definition) is 5. The lowest BCUT2D eigenvalue weighted by molar-refractivity contribution is 0.0833. The van der Waals surface area contributed by atoms with Crippen molar-refractivity contribution in [3.8, 4) is 17.2 Å². The van der Waals surface area contributed by atoms with Gasteiger partial charge in [-0.15, -0.1) is 0 Å². The molecule has 1 aliphatic carbocycles. The van der Waals surface area contributed by atoms with Crippen molar-refractivity contribution in [1.29, 1.82) is 0 Å². The molecule has 0 saturated heterocycles. The largest absolute Gasteiger partial charge is 0.490 e. The Bertz CT molecular complexity index is 1060. The molecule has 1 heterocycles. The fourth-order valence-electron chi connectivity index (χ4n) is 3.69. The lowest BCUT2D eigenvalue weighted by Crippen LogP contribution is -2.48. The minimum atomic E-state index is -0.987. The van der Waals surface area contributed by atoms with E-state index in [1.54, 1.807) is 0 Å². The third-order valence-corrected chi connectivity index (χ3v) is 5.90. The number of nitrogens with zero attached hydrogens (tertiary/aromatic N) is 2. The number of carboxylic acid groups (broad SMARTS) is 1. The molecule has 8 heteroatoms. The van der Waals surface area contributed by atoms with E-state index in [4.69, 9.17) is 26.2 Å². The van der Waals surface area contributed by atoms with E-state index in [0.29, 0.717) is 24.3 Å². The molecule has 32 heavy (non-hydrogen) atoms. The average molecular weight is 454 g/mol. The van der Waals surface area contributed by atoms with Crippen LogP contribution in [0.3, 0.4) is 0 Å². The molecule has 1 fully saturated rings. The van der Waals surface area contributed by atoms with Crippen LogP contribution in [0.5, 0.6) is 17.2 Å². The second kappa shape index (κ2) is 9.04. The first kappa shape index (κ1) is 21.9. The molecule has 0 bridgehead atoms. The number of carbonyl (C=O) groups is 1. The van der Waals surface area contributed by atoms with Gasteiger partial charge in [-0.1, -0.05) is 38.1 Å². The molecule has 1 aliphatic rings. The fraction of sp³-hybridized carbons (Fsp3) is 0.292. The van der Waals surface area contributed by atoms with Crippen molar-refractivity contribution in [2.75, 3.05) is 0 Å². The van der Waals surface area contributed by atoms with Crippen LogP contribution in [0.15, 0.2) is 60.9 Å². The van der Waals surface area contributed by atoms with E-state index < -0.39 is 6.09 Å². The number of nitrogens with one attached hydrogen (secondary N) is 1. The van der Waals surface area contributed by atoms with Gasteiger partial charge in [-0.2, -0.15) is 0 Å². The van der Waals surface area contributed by atoms with E-state index in [1.807, 2.05) is 36.4 Å². The zero-order chi connectivity index (χ0) is 22.7. The number of benzene rings is 2. The van der Waals surface area contributed by atoms with Gasteiger partial charge in [0.25, 0.3) is 0 Å². The molecular formula is C24H24ClN3O4. The van der Waals surface area contributed by atoms with Gasteiger partial charge in [-0.3, -0.25) is 0 Å². The zero-order valence-electron chi connectivity index (χ0n) is 17.8. The Morgan fingerprint density at radius 2 is 1.50 bits per heavy atom. The van der Waals surface area contributed by atoms with Gasteiger partial charge < -0.3 is 19.9 Å². The summed E-state index contributed by atoms with van der Waals surface area (Å²) in [5.41, 5.74) is 2.09. The van der Waals surface area contributed by atoms with Crippen LogP contribution in [0.2, 0.25) is 5.28 Å². The molecule has 166 valence electrons. The highest BCUT2D eigenvalue weighted by atomic mass is 35.5. The summed E-state index contributed by atoms with van der Waals surface area (Å²) in [5, 5.41) is 11.4. The quantitative estimate of drug-likeness (QED) is 0.463. The molecule has 1 saturated carbocycles. The highest BCUT2D eigenvalue weighted by Gasteiger charge is 2.32. The molecule has 0 aliphatic heterocycles. The maximum Gasteiger partial charge on any atom is 0.404 e. The smallest absolute Gasteiger partial charge is 0.404 e. The van der Waals surface area contributed by atoms with Crippen LogP contribution < -0.4 is 14.8 Å². The number of aromatic nitrogens is 2. The second-order valence-corrected chi connectivity index (χ2v) is 8.66. The molecule has 1 amide bonds. The van der Waals surface area contributed by atoms with Gasteiger partial charge in [0.15, 0.2) is 5.75 Å². The number of ether oxygens (including phenoxy) is 2. The number of amides is 1. The Hall–Kier alpha value is -3.32. The molecule has 4 rings (SSSR count). The van der Waals surface area contributed by atoms with E-state index in [0.717, 1.165) is 16.9 Å². The number of halogens is 1. The van der Waals surface area contributed by atoms with Gasteiger partial charge in [0.1, 0.15) is 17.6 Å². The Kier molecular flexibility index (Phi) is 6.19. The van der Waals surface area contributed by atoms with Crippen molar-refractivity contribution in [2.24, 2.45) is 0 Å². The molecule has 0 atom stereocenters. The Labute approximate surface area is 191 Å². The third kappa shape index (κ3) is 5.11. The highest BCUT2D eigenvalue weighted by Crippen LogP contribution is 2.34. The molecule has 0 spiro atoms. The van der Waals surface area contributed by atoms with Gasteiger partial charge in [0.2, 0.25) is 5.28 Å². The molecule has 0 unspecified atom stereocenters. The van der Waals surface area contributed by atoms with E-state index in [-0.39, 0.29) is 22.8 Å². The van der Waals surface area contributed by atoms with E-state index >= 15 is 0 Å². The monoisotopic (exact) mass is 453 g/mol. The Morgan fingerprint density at radius 3 is 2.03 bits per heavy atom. The molecule has 2 N–H and O–H groups in total. The summed E-state index contributed by atoms with van der Waals surface area (Å²) in [6.07, 6.45) is 3.50. The molecule has 2 aromatic carbocycles. The SMILES string of the molecule is CC(C)(c1ccc(Oc2cnc(Cl)nc2)cc1)c1ccc(O[C@H]2C[C@H](NC(=O)O)C2)cc1. The zero-order valence-corrected chi connectivity index (χ0v) is 18.5. The van der Waals surface area contributed by atoms with Gasteiger partial charge in [-0.05, 0) is 47.0 Å². The van der Waals surface area contributed by atoms with Gasteiger partial charge in [0, 0.05) is 24.3 Å². The average Bonchev–Trinajstić information content (AvgIpc) is 2.74. The van der Waals surface area contributed by atoms with Crippen LogP contribution in [0, 0.1) is 0 Å². The summed E-state index contributed by atoms with van der Waals surface area (Å²) in [7, 11) is 0. The van der Waals surface area contributed by atoms with Crippen molar-refractivity contribution in [1.82, 2.24) is 15.3 Å². The topological polar surface area (TPSA) is 93.6 Å². The summed E-state index contributed by atoms with van der Waals surface area (Å²) >= 11 is 5.70. The van der Waals surface area contributed by atoms with E-state index in [9.17, 15) is 4.79 Å². The first-order chi connectivity index (χ1) is 15.3. The first-order valence-corrected chi connectivity index (χ1v) is 10.7. The van der Waals surface area contributed by atoms with Crippen LogP contribution in [-0.2, 0) is 5.41 Å². The number of rotatable bonds is 7. The van der Waals surface area contributed by atoms with E-state index in [1.165, 1.54) is 12.4 Å². The second-order valence-electron chi connectivity index (χ2n) is 8.32. The van der Waals surface area contributed by atoms with Crippen molar-refractivity contribution in [3.05, 3.63) is 77.3 Å². The van der Waals surface area contributed by atoms with Crippen LogP contribution in [0.25, 0.3) is 0 Å². The van der Waals surface area contributed by atoms with Crippen molar-refractivity contribution in [2.45, 2.75) is 44.2 Å². The number of hydrogen-bond donors (Lipinski definition) is 2. The summed E-state index contributed by atoms with van der Waals surface area (Å²) in [6.45, 7) is 4.33. The molecule has 3 aromatic rings. The lowest BCUT2D eigenvalue weighted by Gasteiger charge is -2.35. The molecule has 7 nitrogen and oxygen atoms in total. The highest BCUT2D eigenvalue weighted by molar-refractivity contribution is 6.28. The fourth-order valence-corrected chi connectivity index (χ4v) is 3.79. The van der Waals surface area contributed by atoms with Crippen LogP contribution >= 0.6 is 11.6 Å². The lowest BCUT2D eigenvalue weighted by atomic mass is 9.78. The predicted molar refractivity (Wildman–Crippen MR) is 121 cm³/mol. The van der Waals surface area contributed by atoms with Crippen LogP contribution in [-0.4, -0.2) is 33.3 Å². The van der Waals surface area contributed by atoms with Crippen molar-refractivity contribution in [3.63, 3.8) is 0 Å². The molecule has 1 aromatic heterocycles. The Balaban J connectivity index is 1.37. The minimum Gasteiger partial charge on any atom is -0.490 e. The first-order valence-electron chi connectivity index (χ1n) is 10.3. The van der Waals surface area contributed by atoms with Crippen molar-refractivity contribution < 1.29 is 19.4 Å². The molecular weight excluding hydrogens is 430 g/mol. The predicted octanol–water partition coefficient (Wildman–Crippen LogP) is 5.43. The third-order valence-electron chi connectivity index (χ3n) is 5.71. The summed E-state index contributed by atoms with van der Waals surface area (Å²) in [6, 6.07) is 16.0. The van der Waals surface area contributed by atoms with Gasteiger partial charge >= 0.3 is 6.09 Å². The summed E-state index contributed by atoms with van der Waals surface area (Å²) < 4.78 is 11.7. The van der Waals surface area contributed by atoms with Crippen LogP contribution in [0.4, 0.5) is 4.79 Å². The summed E-state index contributed by atoms with van der Waals surface area (Å²) in [4.78, 5) is 18.5.